The molecule has 1 aromatic rings. The van der Waals surface area contributed by atoms with Gasteiger partial charge in [0.15, 0.2) is 0 Å². The van der Waals surface area contributed by atoms with Crippen LogP contribution in [0.3, 0.4) is 0 Å². The maximum absolute atomic E-state index is 13.9. The summed E-state index contributed by atoms with van der Waals surface area (Å²) in [6.45, 7) is -0.162. The molecule has 0 spiro atoms. The lowest BCUT2D eigenvalue weighted by atomic mass is 9.65. The minimum atomic E-state index is -0.804. The Hall–Kier alpha value is -1.49. The molecule has 1 aliphatic rings. The molecule has 0 aliphatic heterocycles. The number of hydrogen-bond acceptors (Lipinski definition) is 3. The lowest BCUT2D eigenvalue weighted by molar-refractivity contribution is -0.387. The van der Waals surface area contributed by atoms with E-state index in [-0.39, 0.29) is 12.2 Å². The monoisotopic (exact) mass is 225 g/mol. The molecule has 4 nitrogen and oxygen atoms in total. The van der Waals surface area contributed by atoms with Crippen LogP contribution in [-0.4, -0.2) is 16.6 Å². The summed E-state index contributed by atoms with van der Waals surface area (Å²) >= 11 is 0. The first-order chi connectivity index (χ1) is 7.60. The Kier molecular flexibility index (Phi) is 2.63. The molecular formula is C11H12FNO3. The number of nitro benzene ring substituents is 1. The molecule has 0 unspecified atom stereocenters. The number of aliphatic hydroxyl groups is 1. The zero-order valence-corrected chi connectivity index (χ0v) is 8.65. The van der Waals surface area contributed by atoms with Gasteiger partial charge in [0.1, 0.15) is 0 Å². The maximum atomic E-state index is 13.9. The Balaban J connectivity index is 2.49. The molecule has 1 N–H and O–H groups in total. The van der Waals surface area contributed by atoms with E-state index in [9.17, 15) is 19.6 Å². The molecule has 0 heterocycles. The molecule has 0 atom stereocenters. The van der Waals surface area contributed by atoms with E-state index in [1.165, 1.54) is 12.1 Å². The molecule has 0 amide bonds. The summed E-state index contributed by atoms with van der Waals surface area (Å²) in [5.74, 6) is -0.804. The maximum Gasteiger partial charge on any atom is 0.305 e. The molecule has 0 bridgehead atoms. The van der Waals surface area contributed by atoms with Gasteiger partial charge in [0.25, 0.3) is 0 Å². The molecule has 1 aromatic carbocycles. The first-order valence-corrected chi connectivity index (χ1v) is 5.15. The van der Waals surface area contributed by atoms with Gasteiger partial charge in [0, 0.05) is 17.0 Å². The zero-order chi connectivity index (χ0) is 11.8. The van der Waals surface area contributed by atoms with Gasteiger partial charge in [-0.05, 0) is 12.8 Å². The molecule has 1 saturated carbocycles. The fourth-order valence-corrected chi connectivity index (χ4v) is 2.19. The van der Waals surface area contributed by atoms with Gasteiger partial charge in [-0.15, -0.1) is 0 Å². The third-order valence-electron chi connectivity index (χ3n) is 3.36. The van der Waals surface area contributed by atoms with Crippen molar-refractivity contribution in [3.8, 4) is 0 Å². The highest BCUT2D eigenvalue weighted by Crippen LogP contribution is 2.45. The van der Waals surface area contributed by atoms with Gasteiger partial charge >= 0.3 is 5.69 Å². The predicted molar refractivity (Wildman–Crippen MR) is 55.7 cm³/mol. The summed E-state index contributed by atoms with van der Waals surface area (Å²) in [5.41, 5.74) is -0.844. The fraction of sp³-hybridized carbons (Fsp3) is 0.455. The van der Waals surface area contributed by atoms with Crippen LogP contribution in [0.25, 0.3) is 0 Å². The van der Waals surface area contributed by atoms with Crippen molar-refractivity contribution in [3.63, 3.8) is 0 Å². The average molecular weight is 225 g/mol. The Morgan fingerprint density at radius 3 is 2.62 bits per heavy atom. The first kappa shape index (κ1) is 11.0. The second kappa shape index (κ2) is 3.83. The molecule has 1 aliphatic carbocycles. The largest absolute Gasteiger partial charge is 0.395 e. The van der Waals surface area contributed by atoms with Crippen LogP contribution in [0.4, 0.5) is 10.1 Å². The minimum Gasteiger partial charge on any atom is -0.395 e. The molecule has 86 valence electrons. The van der Waals surface area contributed by atoms with E-state index in [4.69, 9.17) is 0 Å². The van der Waals surface area contributed by atoms with Gasteiger partial charge in [-0.2, -0.15) is 4.39 Å². The van der Waals surface area contributed by atoms with Crippen molar-refractivity contribution in [2.24, 2.45) is 0 Å². The Bertz CT molecular complexity index is 424. The zero-order valence-electron chi connectivity index (χ0n) is 8.65. The quantitative estimate of drug-likeness (QED) is 0.633. The van der Waals surface area contributed by atoms with Crippen LogP contribution in [0.2, 0.25) is 0 Å². The highest BCUT2D eigenvalue weighted by molar-refractivity contribution is 5.41. The summed E-state index contributed by atoms with van der Waals surface area (Å²) in [7, 11) is 0. The number of nitrogens with zero attached hydrogens (tertiary/aromatic N) is 1. The SMILES string of the molecule is O=[N+]([O-])c1cccc(C2(CO)CCC2)c1F. The molecule has 1 fully saturated rings. The van der Waals surface area contributed by atoms with Gasteiger partial charge < -0.3 is 5.11 Å². The number of hydrogen-bond donors (Lipinski definition) is 1. The molecule has 2 rings (SSSR count). The second-order valence-corrected chi connectivity index (χ2v) is 4.19. The van der Waals surface area contributed by atoms with Gasteiger partial charge in [0.05, 0.1) is 11.5 Å². The molecule has 0 aromatic heterocycles. The van der Waals surface area contributed by atoms with E-state index in [0.29, 0.717) is 12.8 Å². The fourth-order valence-electron chi connectivity index (χ4n) is 2.19. The van der Waals surface area contributed by atoms with E-state index >= 15 is 0 Å². The average Bonchev–Trinajstić information content (AvgIpc) is 2.19. The molecule has 0 saturated heterocycles. The predicted octanol–water partition coefficient (Wildman–Crippen LogP) is 2.15. The van der Waals surface area contributed by atoms with Crippen molar-refractivity contribution < 1.29 is 14.4 Å². The standard InChI is InChI=1S/C11H12FNO3/c12-10-8(11(7-14)5-2-6-11)3-1-4-9(10)13(15)16/h1,3-4,14H,2,5-7H2. The topological polar surface area (TPSA) is 63.4 Å². The van der Waals surface area contributed by atoms with Gasteiger partial charge in [-0.3, -0.25) is 10.1 Å². The van der Waals surface area contributed by atoms with E-state index in [0.717, 1.165) is 12.5 Å². The van der Waals surface area contributed by atoms with Gasteiger partial charge in [-0.25, -0.2) is 0 Å². The number of rotatable bonds is 3. The summed E-state index contributed by atoms with van der Waals surface area (Å²) in [5, 5.41) is 19.9. The van der Waals surface area contributed by atoms with Crippen molar-refractivity contribution >= 4 is 5.69 Å². The molecule has 0 radical (unpaired) electrons. The number of aliphatic hydroxyl groups excluding tert-OH is 1. The normalized spacial score (nSPS) is 17.9. The minimum absolute atomic E-state index is 0.162. The highest BCUT2D eigenvalue weighted by Gasteiger charge is 2.41. The molecular weight excluding hydrogens is 213 g/mol. The number of halogens is 1. The first-order valence-electron chi connectivity index (χ1n) is 5.15. The molecule has 16 heavy (non-hydrogen) atoms. The number of benzene rings is 1. The van der Waals surface area contributed by atoms with E-state index in [1.54, 1.807) is 0 Å². The van der Waals surface area contributed by atoms with Crippen LogP contribution in [-0.2, 0) is 5.41 Å². The molecule has 5 heteroatoms. The summed E-state index contributed by atoms with van der Waals surface area (Å²) in [6.07, 6.45) is 2.28. The summed E-state index contributed by atoms with van der Waals surface area (Å²) in [4.78, 5) is 9.87. The van der Waals surface area contributed by atoms with Crippen LogP contribution in [0.15, 0.2) is 18.2 Å². The lowest BCUT2D eigenvalue weighted by Gasteiger charge is -2.40. The summed E-state index contributed by atoms with van der Waals surface area (Å²) < 4.78 is 13.9. The van der Waals surface area contributed by atoms with Crippen LogP contribution in [0.5, 0.6) is 0 Å². The smallest absolute Gasteiger partial charge is 0.305 e. The second-order valence-electron chi connectivity index (χ2n) is 4.19. The number of nitro groups is 1. The summed E-state index contributed by atoms with van der Waals surface area (Å²) in [6, 6.07) is 4.13. The Labute approximate surface area is 91.9 Å². The van der Waals surface area contributed by atoms with E-state index < -0.39 is 21.8 Å². The van der Waals surface area contributed by atoms with E-state index in [1.807, 2.05) is 0 Å². The van der Waals surface area contributed by atoms with Crippen LogP contribution < -0.4 is 0 Å². The third-order valence-corrected chi connectivity index (χ3v) is 3.36. The Morgan fingerprint density at radius 2 is 2.19 bits per heavy atom. The van der Waals surface area contributed by atoms with Crippen LogP contribution in [0.1, 0.15) is 24.8 Å². The van der Waals surface area contributed by atoms with Crippen molar-refractivity contribution in [1.29, 1.82) is 0 Å². The van der Waals surface area contributed by atoms with Crippen molar-refractivity contribution in [2.75, 3.05) is 6.61 Å². The van der Waals surface area contributed by atoms with Crippen molar-refractivity contribution in [3.05, 3.63) is 39.7 Å². The van der Waals surface area contributed by atoms with Gasteiger partial charge in [-0.1, -0.05) is 18.6 Å². The van der Waals surface area contributed by atoms with Crippen molar-refractivity contribution in [1.82, 2.24) is 0 Å². The van der Waals surface area contributed by atoms with Crippen LogP contribution >= 0.6 is 0 Å². The van der Waals surface area contributed by atoms with Crippen molar-refractivity contribution in [2.45, 2.75) is 24.7 Å². The lowest BCUT2D eigenvalue weighted by Crippen LogP contribution is -2.38. The van der Waals surface area contributed by atoms with E-state index in [2.05, 4.69) is 0 Å². The van der Waals surface area contributed by atoms with Crippen LogP contribution in [0, 0.1) is 15.9 Å². The third kappa shape index (κ3) is 1.48. The van der Waals surface area contributed by atoms with Gasteiger partial charge in [0.2, 0.25) is 5.82 Å². The highest BCUT2D eigenvalue weighted by atomic mass is 19.1. The Morgan fingerprint density at radius 1 is 1.50 bits per heavy atom.